The number of aromatic nitrogens is 2. The fraction of sp³-hybridized carbons (Fsp3) is 0.250. The molecule has 0 aliphatic rings. The minimum Gasteiger partial charge on any atom is -0.298 e. The number of rotatable bonds is 7. The maximum atomic E-state index is 12.2. The smallest absolute Gasteiger partial charge is 0.262 e. The molecule has 2 heterocycles. The maximum absolute atomic E-state index is 12.2. The number of nitrogens with one attached hydrogen (secondary N) is 1. The third-order valence-corrected chi connectivity index (χ3v) is 6.14. The quantitative estimate of drug-likeness (QED) is 0.663. The second-order valence-corrected chi connectivity index (χ2v) is 8.73. The summed E-state index contributed by atoms with van der Waals surface area (Å²) in [6.07, 6.45) is 1.96. The lowest BCUT2D eigenvalue weighted by Crippen LogP contribution is -2.32. The molecular formula is C16H16ClN3O3S2. The first-order valence-corrected chi connectivity index (χ1v) is 10.5. The van der Waals surface area contributed by atoms with Gasteiger partial charge in [0.25, 0.3) is 5.56 Å². The van der Waals surface area contributed by atoms with E-state index in [1.165, 1.54) is 22.2 Å². The Morgan fingerprint density at radius 1 is 1.20 bits per heavy atom. The Bertz CT molecular complexity index is 1030. The molecule has 0 radical (unpaired) electrons. The van der Waals surface area contributed by atoms with Crippen molar-refractivity contribution < 1.29 is 8.42 Å². The molecule has 2 aromatic heterocycles. The molecule has 0 aliphatic carbocycles. The van der Waals surface area contributed by atoms with Crippen molar-refractivity contribution in [1.29, 1.82) is 0 Å². The number of fused-ring (bicyclic) bond motifs is 1. The standard InChI is InChI=1S/C16H16ClN3O3S2/c17-13-3-1-12(2-4-13)5-7-19-25(22,23)10-8-20-11-18-15-14(16(20)21)6-9-24-15/h1-4,6,9,11,19H,5,7-8,10H2. The third kappa shape index (κ3) is 4.66. The Morgan fingerprint density at radius 2 is 1.96 bits per heavy atom. The second-order valence-electron chi connectivity index (χ2n) is 5.47. The summed E-state index contributed by atoms with van der Waals surface area (Å²) in [6, 6.07) is 8.96. The number of hydrogen-bond donors (Lipinski definition) is 1. The number of aryl methyl sites for hydroxylation is 1. The van der Waals surface area contributed by atoms with Gasteiger partial charge in [0.05, 0.1) is 17.5 Å². The highest BCUT2D eigenvalue weighted by atomic mass is 35.5. The Balaban J connectivity index is 1.56. The first-order chi connectivity index (χ1) is 11.9. The molecule has 3 rings (SSSR count). The predicted molar refractivity (Wildman–Crippen MR) is 101 cm³/mol. The van der Waals surface area contributed by atoms with E-state index < -0.39 is 10.0 Å². The largest absolute Gasteiger partial charge is 0.298 e. The number of thiophene rings is 1. The van der Waals surface area contributed by atoms with E-state index in [4.69, 9.17) is 11.6 Å². The van der Waals surface area contributed by atoms with Crippen LogP contribution in [0.4, 0.5) is 0 Å². The van der Waals surface area contributed by atoms with Crippen molar-refractivity contribution in [3.05, 3.63) is 63.0 Å². The number of hydrogen-bond acceptors (Lipinski definition) is 5. The van der Waals surface area contributed by atoms with Crippen LogP contribution in [0.5, 0.6) is 0 Å². The Labute approximate surface area is 154 Å². The third-order valence-electron chi connectivity index (χ3n) is 3.70. The van der Waals surface area contributed by atoms with E-state index in [0.29, 0.717) is 28.2 Å². The lowest BCUT2D eigenvalue weighted by molar-refractivity contribution is 0.572. The molecule has 0 saturated carbocycles. The lowest BCUT2D eigenvalue weighted by atomic mass is 10.2. The summed E-state index contributed by atoms with van der Waals surface area (Å²) in [6.45, 7) is 0.356. The van der Waals surface area contributed by atoms with Gasteiger partial charge in [-0.1, -0.05) is 23.7 Å². The monoisotopic (exact) mass is 397 g/mol. The van der Waals surface area contributed by atoms with Gasteiger partial charge in [-0.15, -0.1) is 11.3 Å². The molecule has 0 fully saturated rings. The summed E-state index contributed by atoms with van der Waals surface area (Å²) in [5.74, 6) is -0.176. The fourth-order valence-corrected chi connectivity index (χ4v) is 4.19. The van der Waals surface area contributed by atoms with Crippen LogP contribution in [0.2, 0.25) is 5.02 Å². The van der Waals surface area contributed by atoms with Crippen LogP contribution in [-0.2, 0) is 23.0 Å². The molecular weight excluding hydrogens is 382 g/mol. The molecule has 6 nitrogen and oxygen atoms in total. The molecule has 0 bridgehead atoms. The highest BCUT2D eigenvalue weighted by Gasteiger charge is 2.12. The summed E-state index contributed by atoms with van der Waals surface area (Å²) in [4.78, 5) is 17.1. The van der Waals surface area contributed by atoms with Gasteiger partial charge in [-0.05, 0) is 35.6 Å². The topological polar surface area (TPSA) is 81.1 Å². The number of benzene rings is 1. The minimum absolute atomic E-state index is 0.0634. The highest BCUT2D eigenvalue weighted by molar-refractivity contribution is 7.89. The summed E-state index contributed by atoms with van der Waals surface area (Å²) in [5, 5.41) is 2.95. The number of sulfonamides is 1. The van der Waals surface area contributed by atoms with Crippen molar-refractivity contribution in [1.82, 2.24) is 14.3 Å². The highest BCUT2D eigenvalue weighted by Crippen LogP contribution is 2.13. The van der Waals surface area contributed by atoms with E-state index in [2.05, 4.69) is 9.71 Å². The van der Waals surface area contributed by atoms with Crippen LogP contribution < -0.4 is 10.3 Å². The van der Waals surface area contributed by atoms with Crippen molar-refractivity contribution in [2.45, 2.75) is 13.0 Å². The summed E-state index contributed by atoms with van der Waals surface area (Å²) in [5.41, 5.74) is 0.776. The molecule has 0 aliphatic heterocycles. The molecule has 9 heteroatoms. The summed E-state index contributed by atoms with van der Waals surface area (Å²) < 4.78 is 28.1. The first-order valence-electron chi connectivity index (χ1n) is 7.59. The number of nitrogens with zero attached hydrogens (tertiary/aromatic N) is 2. The van der Waals surface area contributed by atoms with Gasteiger partial charge in [0, 0.05) is 18.1 Å². The van der Waals surface area contributed by atoms with Gasteiger partial charge >= 0.3 is 0 Å². The van der Waals surface area contributed by atoms with Gasteiger partial charge in [0.15, 0.2) is 0 Å². The van der Waals surface area contributed by atoms with Crippen molar-refractivity contribution in [2.75, 3.05) is 12.3 Å². The Kier molecular flexibility index (Phi) is 5.53. The first kappa shape index (κ1) is 18.1. The molecule has 0 saturated heterocycles. The van der Waals surface area contributed by atoms with E-state index in [-0.39, 0.29) is 17.9 Å². The van der Waals surface area contributed by atoms with E-state index in [9.17, 15) is 13.2 Å². The summed E-state index contributed by atoms with van der Waals surface area (Å²) in [7, 11) is -3.48. The molecule has 0 amide bonds. The fourth-order valence-electron chi connectivity index (χ4n) is 2.35. The minimum atomic E-state index is -3.48. The molecule has 0 spiro atoms. The second kappa shape index (κ2) is 7.65. The molecule has 132 valence electrons. The lowest BCUT2D eigenvalue weighted by Gasteiger charge is -2.08. The Hall–Kier alpha value is -1.74. The predicted octanol–water partition coefficient (Wildman–Crippen LogP) is 2.27. The molecule has 1 N–H and O–H groups in total. The molecule has 0 unspecified atom stereocenters. The van der Waals surface area contributed by atoms with E-state index >= 15 is 0 Å². The van der Waals surface area contributed by atoms with Crippen LogP contribution in [0.15, 0.2) is 46.8 Å². The van der Waals surface area contributed by atoms with Gasteiger partial charge in [-0.25, -0.2) is 18.1 Å². The SMILES string of the molecule is O=c1c2ccsc2ncn1CCS(=O)(=O)NCCc1ccc(Cl)cc1. The molecule has 3 aromatic rings. The molecule has 0 atom stereocenters. The van der Waals surface area contributed by atoms with E-state index in [1.54, 1.807) is 23.6 Å². The normalized spacial score (nSPS) is 11.9. The van der Waals surface area contributed by atoms with Crippen LogP contribution >= 0.6 is 22.9 Å². The van der Waals surface area contributed by atoms with Crippen molar-refractivity contribution in [3.8, 4) is 0 Å². The zero-order valence-electron chi connectivity index (χ0n) is 13.2. The van der Waals surface area contributed by atoms with Gasteiger partial charge in [-0.2, -0.15) is 0 Å². The zero-order valence-corrected chi connectivity index (χ0v) is 15.6. The van der Waals surface area contributed by atoms with Crippen LogP contribution in [0.3, 0.4) is 0 Å². The van der Waals surface area contributed by atoms with Crippen LogP contribution in [0.1, 0.15) is 5.56 Å². The van der Waals surface area contributed by atoms with Gasteiger partial charge in [0.2, 0.25) is 10.0 Å². The average molecular weight is 398 g/mol. The van der Waals surface area contributed by atoms with Crippen molar-refractivity contribution in [2.24, 2.45) is 0 Å². The van der Waals surface area contributed by atoms with E-state index in [1.807, 2.05) is 12.1 Å². The zero-order chi connectivity index (χ0) is 17.9. The van der Waals surface area contributed by atoms with Gasteiger partial charge in [-0.3, -0.25) is 9.36 Å². The van der Waals surface area contributed by atoms with E-state index in [0.717, 1.165) is 5.56 Å². The van der Waals surface area contributed by atoms with Crippen molar-refractivity contribution in [3.63, 3.8) is 0 Å². The molecule has 1 aromatic carbocycles. The average Bonchev–Trinajstić information content (AvgIpc) is 3.05. The van der Waals surface area contributed by atoms with Crippen molar-refractivity contribution >= 4 is 43.2 Å². The van der Waals surface area contributed by atoms with Crippen LogP contribution in [0, 0.1) is 0 Å². The van der Waals surface area contributed by atoms with Crippen LogP contribution in [-0.4, -0.2) is 30.3 Å². The number of halogens is 1. The van der Waals surface area contributed by atoms with Gasteiger partial charge in [0.1, 0.15) is 4.83 Å². The van der Waals surface area contributed by atoms with Crippen LogP contribution in [0.25, 0.3) is 10.2 Å². The Morgan fingerprint density at radius 3 is 2.72 bits per heavy atom. The molecule has 25 heavy (non-hydrogen) atoms. The summed E-state index contributed by atoms with van der Waals surface area (Å²) >= 11 is 7.20. The maximum Gasteiger partial charge on any atom is 0.262 e. The van der Waals surface area contributed by atoms with Gasteiger partial charge < -0.3 is 0 Å².